The van der Waals surface area contributed by atoms with Crippen LogP contribution in [0.15, 0.2) is 24.3 Å². The van der Waals surface area contributed by atoms with Gasteiger partial charge in [0.05, 0.1) is 0 Å². The molecular formula is C9H9F2O. The molecule has 0 bridgehead atoms. The maximum absolute atomic E-state index is 12.3. The molecule has 0 saturated heterocycles. The van der Waals surface area contributed by atoms with Crippen molar-refractivity contribution in [2.75, 3.05) is 13.3 Å². The predicted octanol–water partition coefficient (Wildman–Crippen LogP) is 2.17. The first-order valence-corrected chi connectivity index (χ1v) is 3.62. The first-order valence-electron chi connectivity index (χ1n) is 3.62. The molecule has 3 heteroatoms. The van der Waals surface area contributed by atoms with Gasteiger partial charge in [-0.25, -0.2) is 8.78 Å². The van der Waals surface area contributed by atoms with E-state index in [1.165, 1.54) is 0 Å². The number of rotatable bonds is 4. The second-order valence-electron chi connectivity index (χ2n) is 2.30. The molecular weight excluding hydrogens is 162 g/mol. The number of alkyl halides is 2. The lowest BCUT2D eigenvalue weighted by Crippen LogP contribution is -2.14. The summed E-state index contributed by atoms with van der Waals surface area (Å²) >= 11 is 0. The number of benzene rings is 1. The highest BCUT2D eigenvalue weighted by Crippen LogP contribution is 2.08. The second-order valence-corrected chi connectivity index (χ2v) is 2.30. The van der Waals surface area contributed by atoms with E-state index < -0.39 is 12.8 Å². The first kappa shape index (κ1) is 8.97. The van der Waals surface area contributed by atoms with Gasteiger partial charge in [0.1, 0.15) is 19.0 Å². The van der Waals surface area contributed by atoms with Crippen molar-refractivity contribution in [2.45, 2.75) is 6.17 Å². The smallest absolute Gasteiger partial charge is 0.162 e. The fourth-order valence-corrected chi connectivity index (χ4v) is 0.699. The molecule has 0 aliphatic rings. The summed E-state index contributed by atoms with van der Waals surface area (Å²) < 4.78 is 28.9. The average Bonchev–Trinajstić information content (AvgIpc) is 2.16. The normalized spacial score (nSPS) is 12.5. The second kappa shape index (κ2) is 4.70. The molecule has 0 aliphatic carbocycles. The van der Waals surface area contributed by atoms with E-state index in [2.05, 4.69) is 6.07 Å². The number of hydrogen-bond acceptors (Lipinski definition) is 1. The van der Waals surface area contributed by atoms with Gasteiger partial charge in [0.15, 0.2) is 6.17 Å². The number of hydrogen-bond donors (Lipinski definition) is 0. The summed E-state index contributed by atoms with van der Waals surface area (Å²) in [6, 6.07) is 9.38. The fraction of sp³-hybridized carbons (Fsp3) is 0.333. The monoisotopic (exact) mass is 171 g/mol. The minimum Gasteiger partial charge on any atom is -0.490 e. The van der Waals surface area contributed by atoms with Gasteiger partial charge in [0.25, 0.3) is 0 Å². The lowest BCUT2D eigenvalue weighted by Gasteiger charge is -2.06. The van der Waals surface area contributed by atoms with E-state index in [1.54, 1.807) is 24.3 Å². The molecule has 0 spiro atoms. The van der Waals surface area contributed by atoms with Gasteiger partial charge in [-0.2, -0.15) is 0 Å². The average molecular weight is 171 g/mol. The first-order chi connectivity index (χ1) is 5.83. The molecule has 1 rings (SSSR count). The molecule has 1 aromatic rings. The van der Waals surface area contributed by atoms with Crippen molar-refractivity contribution >= 4 is 0 Å². The minimum absolute atomic E-state index is 0.236. The van der Waals surface area contributed by atoms with Gasteiger partial charge in [-0.1, -0.05) is 12.1 Å². The van der Waals surface area contributed by atoms with Crippen LogP contribution in [0.25, 0.3) is 0 Å². The van der Waals surface area contributed by atoms with Crippen LogP contribution in [0, 0.1) is 6.07 Å². The molecule has 1 atom stereocenters. The summed E-state index contributed by atoms with van der Waals surface area (Å²) in [5.74, 6) is 0.532. The fourth-order valence-electron chi connectivity index (χ4n) is 0.699. The quantitative estimate of drug-likeness (QED) is 0.674. The van der Waals surface area contributed by atoms with Crippen molar-refractivity contribution in [3.05, 3.63) is 30.3 Å². The van der Waals surface area contributed by atoms with Crippen LogP contribution in [-0.4, -0.2) is 19.5 Å². The molecule has 0 saturated carbocycles. The molecule has 1 unspecified atom stereocenters. The largest absolute Gasteiger partial charge is 0.490 e. The summed E-state index contributed by atoms with van der Waals surface area (Å²) in [5, 5.41) is 0. The van der Waals surface area contributed by atoms with E-state index in [1.807, 2.05) is 0 Å². The van der Waals surface area contributed by atoms with Gasteiger partial charge in [-0.05, 0) is 18.2 Å². The zero-order chi connectivity index (χ0) is 8.81. The van der Waals surface area contributed by atoms with Crippen LogP contribution in [0.5, 0.6) is 5.75 Å². The standard InChI is InChI=1S/C9H9F2O/c10-6-8(11)7-12-9-4-2-1-3-5-9/h2-5,8H,6-7H2. The van der Waals surface area contributed by atoms with Gasteiger partial charge in [0.2, 0.25) is 0 Å². The third-order valence-electron chi connectivity index (χ3n) is 1.29. The molecule has 1 aromatic carbocycles. The third-order valence-corrected chi connectivity index (χ3v) is 1.29. The predicted molar refractivity (Wildman–Crippen MR) is 41.6 cm³/mol. The molecule has 1 radical (unpaired) electrons. The molecule has 1 nitrogen and oxygen atoms in total. The maximum atomic E-state index is 12.3. The molecule has 0 aliphatic heterocycles. The molecule has 0 N–H and O–H groups in total. The van der Waals surface area contributed by atoms with Gasteiger partial charge in [0, 0.05) is 0 Å². The Morgan fingerprint density at radius 2 is 2.08 bits per heavy atom. The molecule has 0 fully saturated rings. The lowest BCUT2D eigenvalue weighted by atomic mass is 10.3. The van der Waals surface area contributed by atoms with Crippen LogP contribution in [-0.2, 0) is 0 Å². The molecule has 0 aromatic heterocycles. The summed E-state index contributed by atoms with van der Waals surface area (Å²) in [6.45, 7) is -1.24. The lowest BCUT2D eigenvalue weighted by molar-refractivity contribution is 0.166. The zero-order valence-electron chi connectivity index (χ0n) is 6.47. The Bertz CT molecular complexity index is 213. The summed E-state index contributed by atoms with van der Waals surface area (Å²) in [4.78, 5) is 0. The van der Waals surface area contributed by atoms with E-state index in [0.29, 0.717) is 5.75 Å². The van der Waals surface area contributed by atoms with Crippen LogP contribution in [0.4, 0.5) is 8.78 Å². The van der Waals surface area contributed by atoms with Crippen molar-refractivity contribution in [3.8, 4) is 5.75 Å². The highest BCUT2D eigenvalue weighted by Gasteiger charge is 2.05. The van der Waals surface area contributed by atoms with Crippen molar-refractivity contribution in [1.82, 2.24) is 0 Å². The Labute approximate surface area is 70.0 Å². The van der Waals surface area contributed by atoms with Crippen LogP contribution < -0.4 is 4.74 Å². The Hall–Kier alpha value is -1.12. The van der Waals surface area contributed by atoms with Gasteiger partial charge in [-0.3, -0.25) is 0 Å². The third kappa shape index (κ3) is 2.86. The molecule has 0 heterocycles. The highest BCUT2D eigenvalue weighted by molar-refractivity contribution is 5.20. The Kier molecular flexibility index (Phi) is 3.51. The van der Waals surface area contributed by atoms with Gasteiger partial charge < -0.3 is 4.74 Å². The number of ether oxygens (including phenoxy) is 1. The van der Waals surface area contributed by atoms with Gasteiger partial charge >= 0.3 is 0 Å². The van der Waals surface area contributed by atoms with E-state index in [0.717, 1.165) is 0 Å². The van der Waals surface area contributed by atoms with Crippen molar-refractivity contribution < 1.29 is 13.5 Å². The summed E-state index contributed by atoms with van der Waals surface area (Å²) in [7, 11) is 0. The van der Waals surface area contributed by atoms with Crippen LogP contribution in [0.2, 0.25) is 0 Å². The van der Waals surface area contributed by atoms with Crippen LogP contribution >= 0.6 is 0 Å². The Balaban J connectivity index is 2.33. The minimum atomic E-state index is -1.53. The summed E-state index contributed by atoms with van der Waals surface area (Å²) in [5.41, 5.74) is 0. The highest BCUT2D eigenvalue weighted by atomic mass is 19.2. The molecule has 12 heavy (non-hydrogen) atoms. The van der Waals surface area contributed by atoms with Crippen molar-refractivity contribution in [3.63, 3.8) is 0 Å². The molecule has 0 amide bonds. The van der Waals surface area contributed by atoms with E-state index >= 15 is 0 Å². The maximum Gasteiger partial charge on any atom is 0.162 e. The van der Waals surface area contributed by atoms with Crippen molar-refractivity contribution in [2.24, 2.45) is 0 Å². The topological polar surface area (TPSA) is 9.23 Å². The van der Waals surface area contributed by atoms with E-state index in [9.17, 15) is 8.78 Å². The van der Waals surface area contributed by atoms with Crippen LogP contribution in [0.3, 0.4) is 0 Å². The van der Waals surface area contributed by atoms with Gasteiger partial charge in [-0.15, -0.1) is 0 Å². The summed E-state index contributed by atoms with van der Waals surface area (Å²) in [6.07, 6.45) is -1.53. The zero-order valence-corrected chi connectivity index (χ0v) is 6.47. The Morgan fingerprint density at radius 3 is 2.67 bits per heavy atom. The van der Waals surface area contributed by atoms with E-state index in [4.69, 9.17) is 4.74 Å². The van der Waals surface area contributed by atoms with Crippen LogP contribution in [0.1, 0.15) is 0 Å². The SMILES string of the molecule is FCC(F)COc1cc[c]cc1. The molecule has 65 valence electrons. The van der Waals surface area contributed by atoms with Crippen molar-refractivity contribution in [1.29, 1.82) is 0 Å². The Morgan fingerprint density at radius 1 is 1.42 bits per heavy atom. The number of halogens is 2. The van der Waals surface area contributed by atoms with E-state index in [-0.39, 0.29) is 6.61 Å².